The monoisotopic (exact) mass is 386 g/mol. The van der Waals surface area contributed by atoms with Crippen molar-refractivity contribution in [1.82, 2.24) is 4.72 Å². The van der Waals surface area contributed by atoms with Gasteiger partial charge in [0.1, 0.15) is 5.75 Å². The number of carbonyl (C=O) groups excluding carboxylic acids is 1. The van der Waals surface area contributed by atoms with Crippen molar-refractivity contribution in [1.29, 1.82) is 0 Å². The van der Waals surface area contributed by atoms with Crippen LogP contribution in [0.1, 0.15) is 25.0 Å². The molecule has 2 aromatic carbocycles. The number of likely N-dealkylation sites (N-methyl/N-ethyl adjacent to an activating group) is 1. The van der Waals surface area contributed by atoms with Gasteiger partial charge in [-0.25, -0.2) is 13.1 Å². The number of rotatable bonds is 5. The number of benzene rings is 2. The lowest BCUT2D eigenvalue weighted by atomic mass is 10.0. The van der Waals surface area contributed by atoms with Crippen molar-refractivity contribution in [2.24, 2.45) is 0 Å². The molecule has 27 heavy (non-hydrogen) atoms. The van der Waals surface area contributed by atoms with Crippen molar-refractivity contribution in [3.05, 3.63) is 59.2 Å². The summed E-state index contributed by atoms with van der Waals surface area (Å²) >= 11 is 0. The Morgan fingerprint density at radius 3 is 2.56 bits per heavy atom. The Bertz CT molecular complexity index is 1040. The number of fused-ring (bicyclic) bond motifs is 1. The van der Waals surface area contributed by atoms with E-state index in [1.807, 2.05) is 19.9 Å². The summed E-state index contributed by atoms with van der Waals surface area (Å²) in [5, 5.41) is 0. The average Bonchev–Trinajstić information content (AvgIpc) is 2.90. The summed E-state index contributed by atoms with van der Waals surface area (Å²) in [6.07, 6.45) is 0. The van der Waals surface area contributed by atoms with Crippen molar-refractivity contribution in [2.75, 3.05) is 19.1 Å². The normalized spacial score (nSPS) is 13.7. The molecule has 1 amide bonds. The summed E-state index contributed by atoms with van der Waals surface area (Å²) in [6, 6.07) is 12.0. The maximum atomic E-state index is 12.7. The molecule has 0 radical (unpaired) electrons. The number of allylic oxidation sites excluding steroid dienone is 1. The van der Waals surface area contributed by atoms with Crippen LogP contribution in [0, 0.1) is 0 Å². The first-order valence-electron chi connectivity index (χ1n) is 8.47. The van der Waals surface area contributed by atoms with Gasteiger partial charge in [0, 0.05) is 24.7 Å². The van der Waals surface area contributed by atoms with E-state index in [1.54, 1.807) is 44.5 Å². The van der Waals surface area contributed by atoms with Gasteiger partial charge >= 0.3 is 0 Å². The second-order valence-electron chi connectivity index (χ2n) is 6.59. The standard InChI is InChI=1S/C20H22N2O4S/c1-13(2)19-17-11-16(8-9-18(17)22(3)20(19)23)27(24,25)21-12-14-6-5-7-15(10-14)26-4/h5-11,21H,12H2,1-4H3. The SMILES string of the molecule is COc1cccc(CNS(=O)(=O)c2ccc3c(c2)C(=C(C)C)C(=O)N3C)c1. The third-order valence-corrected chi connectivity index (χ3v) is 5.93. The van der Waals surface area contributed by atoms with Crippen LogP contribution in [0.15, 0.2) is 52.9 Å². The molecule has 0 spiro atoms. The van der Waals surface area contributed by atoms with Crippen LogP contribution >= 0.6 is 0 Å². The van der Waals surface area contributed by atoms with Gasteiger partial charge in [-0.3, -0.25) is 4.79 Å². The number of hydrogen-bond acceptors (Lipinski definition) is 4. The van der Waals surface area contributed by atoms with Crippen LogP contribution in [0.3, 0.4) is 0 Å². The van der Waals surface area contributed by atoms with Gasteiger partial charge in [-0.05, 0) is 49.7 Å². The minimum Gasteiger partial charge on any atom is -0.497 e. The van der Waals surface area contributed by atoms with Crippen molar-refractivity contribution in [2.45, 2.75) is 25.3 Å². The maximum absolute atomic E-state index is 12.7. The Hall–Kier alpha value is -2.64. The zero-order chi connectivity index (χ0) is 19.8. The van der Waals surface area contributed by atoms with Gasteiger partial charge in [0.05, 0.1) is 17.7 Å². The summed E-state index contributed by atoms with van der Waals surface area (Å²) < 4.78 is 33.2. The van der Waals surface area contributed by atoms with E-state index in [-0.39, 0.29) is 17.3 Å². The molecule has 1 N–H and O–H groups in total. The number of ether oxygens (including phenoxy) is 1. The molecule has 0 aromatic heterocycles. The van der Waals surface area contributed by atoms with Crippen LogP contribution < -0.4 is 14.4 Å². The first-order chi connectivity index (χ1) is 12.7. The molecule has 0 aliphatic carbocycles. The van der Waals surface area contributed by atoms with E-state index in [2.05, 4.69) is 4.72 Å². The number of amides is 1. The minimum atomic E-state index is -3.73. The van der Waals surface area contributed by atoms with Crippen molar-refractivity contribution >= 4 is 27.2 Å². The Kier molecular flexibility index (Phi) is 5.08. The molecule has 0 fully saturated rings. The van der Waals surface area contributed by atoms with Crippen LogP contribution in [0.25, 0.3) is 5.57 Å². The van der Waals surface area contributed by atoms with Crippen LogP contribution in [0.2, 0.25) is 0 Å². The molecule has 0 atom stereocenters. The minimum absolute atomic E-state index is 0.121. The molecule has 0 saturated heterocycles. The Balaban J connectivity index is 1.90. The van der Waals surface area contributed by atoms with E-state index in [4.69, 9.17) is 4.74 Å². The number of nitrogens with one attached hydrogen (secondary N) is 1. The smallest absolute Gasteiger partial charge is 0.258 e. The third-order valence-electron chi connectivity index (χ3n) is 4.53. The van der Waals surface area contributed by atoms with Crippen molar-refractivity contribution in [3.63, 3.8) is 0 Å². The number of hydrogen-bond donors (Lipinski definition) is 1. The molecular formula is C20H22N2O4S. The predicted octanol–water partition coefficient (Wildman–Crippen LogP) is 2.94. The van der Waals surface area contributed by atoms with Gasteiger partial charge in [0.25, 0.3) is 5.91 Å². The zero-order valence-corrected chi connectivity index (χ0v) is 16.6. The van der Waals surface area contributed by atoms with E-state index < -0.39 is 10.0 Å². The van der Waals surface area contributed by atoms with Gasteiger partial charge in [-0.15, -0.1) is 0 Å². The number of methoxy groups -OCH3 is 1. The highest BCUT2D eigenvalue weighted by Gasteiger charge is 2.31. The summed E-state index contributed by atoms with van der Waals surface area (Å²) in [4.78, 5) is 14.1. The quantitative estimate of drug-likeness (QED) is 0.802. The summed E-state index contributed by atoms with van der Waals surface area (Å²) in [6.45, 7) is 3.84. The third kappa shape index (κ3) is 3.61. The molecule has 0 bridgehead atoms. The van der Waals surface area contributed by atoms with Crippen LogP contribution in [0.4, 0.5) is 5.69 Å². The number of sulfonamides is 1. The molecule has 142 valence electrons. The fraction of sp³-hybridized carbons (Fsp3) is 0.250. The molecule has 7 heteroatoms. The first-order valence-corrected chi connectivity index (χ1v) is 9.95. The van der Waals surface area contributed by atoms with E-state index in [9.17, 15) is 13.2 Å². The average molecular weight is 386 g/mol. The fourth-order valence-electron chi connectivity index (χ4n) is 3.09. The number of anilines is 1. The zero-order valence-electron chi connectivity index (χ0n) is 15.7. The van der Waals surface area contributed by atoms with Crippen LogP contribution in [-0.2, 0) is 21.4 Å². The molecule has 1 heterocycles. The molecule has 2 aromatic rings. The Labute approximate surface area is 159 Å². The highest BCUT2D eigenvalue weighted by Crippen LogP contribution is 2.38. The van der Waals surface area contributed by atoms with Crippen LogP contribution in [-0.4, -0.2) is 28.5 Å². The lowest BCUT2D eigenvalue weighted by Crippen LogP contribution is -2.23. The molecule has 6 nitrogen and oxygen atoms in total. The largest absolute Gasteiger partial charge is 0.497 e. The number of carbonyl (C=O) groups is 1. The lowest BCUT2D eigenvalue weighted by molar-refractivity contribution is -0.112. The highest BCUT2D eigenvalue weighted by atomic mass is 32.2. The van der Waals surface area contributed by atoms with Gasteiger partial charge in [0.2, 0.25) is 10.0 Å². The van der Waals surface area contributed by atoms with Gasteiger partial charge in [0.15, 0.2) is 0 Å². The summed E-state index contributed by atoms with van der Waals surface area (Å²) in [5.74, 6) is 0.544. The highest BCUT2D eigenvalue weighted by molar-refractivity contribution is 7.89. The molecule has 1 aliphatic heterocycles. The second-order valence-corrected chi connectivity index (χ2v) is 8.36. The second kappa shape index (κ2) is 7.17. The van der Waals surface area contributed by atoms with Gasteiger partial charge < -0.3 is 9.64 Å². The topological polar surface area (TPSA) is 75.7 Å². The molecule has 0 saturated carbocycles. The molecule has 0 unspecified atom stereocenters. The summed E-state index contributed by atoms with van der Waals surface area (Å²) in [7, 11) is -0.478. The molecule has 3 rings (SSSR count). The molecular weight excluding hydrogens is 364 g/mol. The Morgan fingerprint density at radius 1 is 1.15 bits per heavy atom. The Morgan fingerprint density at radius 2 is 1.89 bits per heavy atom. The van der Waals surface area contributed by atoms with Crippen LogP contribution in [0.5, 0.6) is 5.75 Å². The lowest BCUT2D eigenvalue weighted by Gasteiger charge is -2.11. The maximum Gasteiger partial charge on any atom is 0.258 e. The number of nitrogens with zero attached hydrogens (tertiary/aromatic N) is 1. The fourth-order valence-corrected chi connectivity index (χ4v) is 4.14. The van der Waals surface area contributed by atoms with E-state index >= 15 is 0 Å². The van der Waals surface area contributed by atoms with Gasteiger partial charge in [-0.1, -0.05) is 17.7 Å². The summed E-state index contributed by atoms with van der Waals surface area (Å²) in [5.41, 5.74) is 3.55. The van der Waals surface area contributed by atoms with Crippen molar-refractivity contribution < 1.29 is 17.9 Å². The van der Waals surface area contributed by atoms with E-state index in [1.165, 1.54) is 11.0 Å². The van der Waals surface area contributed by atoms with E-state index in [0.29, 0.717) is 22.6 Å². The van der Waals surface area contributed by atoms with Crippen molar-refractivity contribution in [3.8, 4) is 5.75 Å². The molecule has 1 aliphatic rings. The first kappa shape index (κ1) is 19.1. The van der Waals surface area contributed by atoms with Gasteiger partial charge in [-0.2, -0.15) is 0 Å². The predicted molar refractivity (Wildman–Crippen MR) is 105 cm³/mol. The van der Waals surface area contributed by atoms with E-state index in [0.717, 1.165) is 11.1 Å².